The summed E-state index contributed by atoms with van der Waals surface area (Å²) in [5, 5.41) is 0. The van der Waals surface area contributed by atoms with Gasteiger partial charge in [0.15, 0.2) is 0 Å². The van der Waals surface area contributed by atoms with Gasteiger partial charge in [-0.15, -0.1) is 0 Å². The SMILES string of the molecule is CCOc1ccc2c(c1)C(c1cc(N3CCN(C)C(=O)C3)ncn1)=NC2. The smallest absolute Gasteiger partial charge is 0.241 e. The molecule has 0 saturated carbocycles. The molecule has 1 aromatic carbocycles. The molecule has 134 valence electrons. The van der Waals surface area contributed by atoms with Crippen molar-refractivity contribution in [3.05, 3.63) is 47.4 Å². The monoisotopic (exact) mass is 351 g/mol. The molecule has 1 saturated heterocycles. The molecule has 0 spiro atoms. The lowest BCUT2D eigenvalue weighted by molar-refractivity contribution is -0.129. The summed E-state index contributed by atoms with van der Waals surface area (Å²) < 4.78 is 5.62. The van der Waals surface area contributed by atoms with E-state index in [0.717, 1.165) is 35.1 Å². The van der Waals surface area contributed by atoms with Crippen LogP contribution >= 0.6 is 0 Å². The van der Waals surface area contributed by atoms with E-state index in [1.807, 2.05) is 37.1 Å². The molecule has 0 N–H and O–H groups in total. The summed E-state index contributed by atoms with van der Waals surface area (Å²) in [5.74, 6) is 1.69. The number of fused-ring (bicyclic) bond motifs is 1. The van der Waals surface area contributed by atoms with E-state index in [1.54, 1.807) is 11.2 Å². The first kappa shape index (κ1) is 16.5. The molecule has 7 heteroatoms. The van der Waals surface area contributed by atoms with Gasteiger partial charge in [0.25, 0.3) is 0 Å². The minimum Gasteiger partial charge on any atom is -0.494 e. The Kier molecular flexibility index (Phi) is 4.28. The van der Waals surface area contributed by atoms with Crippen molar-refractivity contribution in [1.29, 1.82) is 0 Å². The molecule has 0 unspecified atom stereocenters. The Bertz CT molecular complexity index is 880. The summed E-state index contributed by atoms with van der Waals surface area (Å²) in [5.41, 5.74) is 3.84. The number of aliphatic imine (C=N–C) groups is 1. The summed E-state index contributed by atoms with van der Waals surface area (Å²) in [6.07, 6.45) is 1.54. The average Bonchev–Trinajstić information content (AvgIpc) is 3.08. The maximum Gasteiger partial charge on any atom is 0.241 e. The fourth-order valence-electron chi connectivity index (χ4n) is 3.24. The second-order valence-corrected chi connectivity index (χ2v) is 6.42. The number of piperazine rings is 1. The molecule has 26 heavy (non-hydrogen) atoms. The van der Waals surface area contributed by atoms with Crippen molar-refractivity contribution in [3.8, 4) is 5.75 Å². The van der Waals surface area contributed by atoms with Crippen LogP contribution < -0.4 is 9.64 Å². The minimum absolute atomic E-state index is 0.0984. The molecule has 0 atom stereocenters. The van der Waals surface area contributed by atoms with Gasteiger partial charge < -0.3 is 14.5 Å². The normalized spacial score (nSPS) is 16.5. The minimum atomic E-state index is 0.0984. The highest BCUT2D eigenvalue weighted by Crippen LogP contribution is 2.27. The number of amides is 1. The molecule has 0 bridgehead atoms. The Morgan fingerprint density at radius 1 is 1.19 bits per heavy atom. The van der Waals surface area contributed by atoms with Crippen LogP contribution in [0.25, 0.3) is 0 Å². The standard InChI is InChI=1S/C19H21N5O2/c1-3-26-14-5-4-13-10-20-19(15(13)8-14)16-9-17(22-12-21-16)24-7-6-23(2)18(25)11-24/h4-5,8-9,12H,3,6-7,10-11H2,1-2H3. The number of hydrogen-bond donors (Lipinski definition) is 0. The highest BCUT2D eigenvalue weighted by Gasteiger charge is 2.24. The zero-order chi connectivity index (χ0) is 18.1. The number of hydrogen-bond acceptors (Lipinski definition) is 6. The van der Waals surface area contributed by atoms with Crippen LogP contribution in [0.4, 0.5) is 5.82 Å². The van der Waals surface area contributed by atoms with Crippen molar-refractivity contribution in [2.24, 2.45) is 4.99 Å². The number of ether oxygens (including phenoxy) is 1. The second kappa shape index (κ2) is 6.74. The van der Waals surface area contributed by atoms with Crippen molar-refractivity contribution in [1.82, 2.24) is 14.9 Å². The molecule has 2 aliphatic heterocycles. The number of benzene rings is 1. The fourth-order valence-corrected chi connectivity index (χ4v) is 3.24. The highest BCUT2D eigenvalue weighted by molar-refractivity contribution is 6.14. The molecule has 3 heterocycles. The van der Waals surface area contributed by atoms with Crippen molar-refractivity contribution >= 4 is 17.4 Å². The van der Waals surface area contributed by atoms with E-state index in [2.05, 4.69) is 21.0 Å². The largest absolute Gasteiger partial charge is 0.494 e. The van der Waals surface area contributed by atoms with Gasteiger partial charge in [0.2, 0.25) is 5.91 Å². The third kappa shape index (κ3) is 3.00. The van der Waals surface area contributed by atoms with Gasteiger partial charge in [-0.25, -0.2) is 9.97 Å². The summed E-state index contributed by atoms with van der Waals surface area (Å²) in [7, 11) is 1.82. The molecule has 7 nitrogen and oxygen atoms in total. The van der Waals surface area contributed by atoms with Crippen LogP contribution in [0.2, 0.25) is 0 Å². The van der Waals surface area contributed by atoms with Crippen molar-refractivity contribution in [2.45, 2.75) is 13.5 Å². The maximum atomic E-state index is 12.0. The Morgan fingerprint density at radius 2 is 2.08 bits per heavy atom. The number of rotatable bonds is 4. The molecule has 4 rings (SSSR count). The molecule has 0 radical (unpaired) electrons. The highest BCUT2D eigenvalue weighted by atomic mass is 16.5. The first-order chi connectivity index (χ1) is 12.7. The third-order valence-electron chi connectivity index (χ3n) is 4.73. The number of anilines is 1. The lowest BCUT2D eigenvalue weighted by atomic mass is 10.0. The van der Waals surface area contributed by atoms with Gasteiger partial charge in [-0.3, -0.25) is 9.79 Å². The van der Waals surface area contributed by atoms with E-state index < -0.39 is 0 Å². The van der Waals surface area contributed by atoms with Gasteiger partial charge in [0.1, 0.15) is 17.9 Å². The molecule has 1 fully saturated rings. The number of likely N-dealkylation sites (N-methyl/N-ethyl adjacent to an activating group) is 1. The van der Waals surface area contributed by atoms with Crippen LogP contribution in [0, 0.1) is 0 Å². The molecule has 0 aliphatic carbocycles. The van der Waals surface area contributed by atoms with Crippen LogP contribution in [0.3, 0.4) is 0 Å². The van der Waals surface area contributed by atoms with E-state index in [-0.39, 0.29) is 5.91 Å². The van der Waals surface area contributed by atoms with Crippen LogP contribution in [0.15, 0.2) is 35.6 Å². The van der Waals surface area contributed by atoms with Gasteiger partial charge in [-0.05, 0) is 24.6 Å². The van der Waals surface area contributed by atoms with Crippen LogP contribution in [0.1, 0.15) is 23.7 Å². The van der Waals surface area contributed by atoms with Crippen molar-refractivity contribution in [3.63, 3.8) is 0 Å². The Hall–Kier alpha value is -2.96. The number of carbonyl (C=O) groups is 1. The summed E-state index contributed by atoms with van der Waals surface area (Å²) >= 11 is 0. The van der Waals surface area contributed by atoms with Crippen LogP contribution in [-0.2, 0) is 11.3 Å². The predicted octanol–water partition coefficient (Wildman–Crippen LogP) is 1.50. The summed E-state index contributed by atoms with van der Waals surface area (Å²) in [6, 6.07) is 7.96. The third-order valence-corrected chi connectivity index (χ3v) is 4.73. The molecule has 2 aromatic rings. The Labute approximate surface area is 152 Å². The summed E-state index contributed by atoms with van der Waals surface area (Å²) in [6.45, 7) is 5.03. The molecular formula is C19H21N5O2. The molecule has 1 aromatic heterocycles. The molecule has 2 aliphatic rings. The maximum absolute atomic E-state index is 12.0. The second-order valence-electron chi connectivity index (χ2n) is 6.42. The zero-order valence-electron chi connectivity index (χ0n) is 15.0. The average molecular weight is 351 g/mol. The van der Waals surface area contributed by atoms with Crippen LogP contribution in [-0.4, -0.2) is 59.8 Å². The van der Waals surface area contributed by atoms with E-state index in [4.69, 9.17) is 4.74 Å². The van der Waals surface area contributed by atoms with E-state index in [0.29, 0.717) is 26.2 Å². The first-order valence-corrected chi connectivity index (χ1v) is 8.77. The van der Waals surface area contributed by atoms with Gasteiger partial charge in [0, 0.05) is 31.8 Å². The van der Waals surface area contributed by atoms with Gasteiger partial charge in [0.05, 0.1) is 31.1 Å². The molecular weight excluding hydrogens is 330 g/mol. The van der Waals surface area contributed by atoms with Gasteiger partial charge >= 0.3 is 0 Å². The van der Waals surface area contributed by atoms with E-state index in [9.17, 15) is 4.79 Å². The lowest BCUT2D eigenvalue weighted by Gasteiger charge is -2.32. The fraction of sp³-hybridized carbons (Fsp3) is 0.368. The van der Waals surface area contributed by atoms with Gasteiger partial charge in [-0.2, -0.15) is 0 Å². The Balaban J connectivity index is 1.63. The zero-order valence-corrected chi connectivity index (χ0v) is 15.0. The van der Waals surface area contributed by atoms with Gasteiger partial charge in [-0.1, -0.05) is 6.07 Å². The summed E-state index contributed by atoms with van der Waals surface area (Å²) in [4.78, 5) is 29.2. The predicted molar refractivity (Wildman–Crippen MR) is 98.8 cm³/mol. The molecule has 1 amide bonds. The first-order valence-electron chi connectivity index (χ1n) is 8.77. The van der Waals surface area contributed by atoms with Crippen molar-refractivity contribution < 1.29 is 9.53 Å². The van der Waals surface area contributed by atoms with Crippen molar-refractivity contribution in [2.75, 3.05) is 38.2 Å². The lowest BCUT2D eigenvalue weighted by Crippen LogP contribution is -2.48. The topological polar surface area (TPSA) is 70.9 Å². The quantitative estimate of drug-likeness (QED) is 0.835. The van der Waals surface area contributed by atoms with Crippen LogP contribution in [0.5, 0.6) is 5.75 Å². The number of nitrogens with zero attached hydrogens (tertiary/aromatic N) is 5. The number of aromatic nitrogens is 2. The van der Waals surface area contributed by atoms with E-state index >= 15 is 0 Å². The number of carbonyl (C=O) groups excluding carboxylic acids is 1. The Morgan fingerprint density at radius 3 is 2.88 bits per heavy atom. The van der Waals surface area contributed by atoms with E-state index in [1.165, 1.54) is 5.56 Å².